The van der Waals surface area contributed by atoms with Crippen molar-refractivity contribution in [1.29, 1.82) is 0 Å². The molecule has 0 aromatic heterocycles. The molecule has 118 valence electrons. The van der Waals surface area contributed by atoms with E-state index in [1.165, 1.54) is 11.1 Å². The van der Waals surface area contributed by atoms with E-state index in [0.717, 1.165) is 45.8 Å². The van der Waals surface area contributed by atoms with Crippen LogP contribution in [0.3, 0.4) is 0 Å². The van der Waals surface area contributed by atoms with Gasteiger partial charge in [0.1, 0.15) is 0 Å². The van der Waals surface area contributed by atoms with Crippen molar-refractivity contribution in [2.75, 3.05) is 32.8 Å². The van der Waals surface area contributed by atoms with Crippen LogP contribution < -0.4 is 5.32 Å². The normalized spacial score (nSPS) is 21.4. The fraction of sp³-hybridized carbons (Fsp3) is 0.667. The van der Waals surface area contributed by atoms with Gasteiger partial charge in [-0.25, -0.2) is 0 Å². The summed E-state index contributed by atoms with van der Waals surface area (Å²) in [7, 11) is 0. The van der Waals surface area contributed by atoms with Crippen molar-refractivity contribution in [3.05, 3.63) is 35.4 Å². The summed E-state index contributed by atoms with van der Waals surface area (Å²) in [6, 6.07) is 9.15. The van der Waals surface area contributed by atoms with E-state index in [0.29, 0.717) is 12.0 Å². The van der Waals surface area contributed by atoms with E-state index < -0.39 is 0 Å². The second kappa shape index (κ2) is 8.52. The monoisotopic (exact) mass is 290 g/mol. The van der Waals surface area contributed by atoms with Gasteiger partial charge in [-0.3, -0.25) is 4.90 Å². The molecular formula is C18H30N2O. The van der Waals surface area contributed by atoms with Gasteiger partial charge >= 0.3 is 0 Å². The van der Waals surface area contributed by atoms with Crippen molar-refractivity contribution in [2.24, 2.45) is 0 Å². The van der Waals surface area contributed by atoms with Crippen LogP contribution in [0.2, 0.25) is 0 Å². The number of hydrogen-bond donors (Lipinski definition) is 1. The van der Waals surface area contributed by atoms with Crippen molar-refractivity contribution in [3.63, 3.8) is 0 Å². The number of benzene rings is 1. The third kappa shape index (κ3) is 5.10. The predicted octanol–water partition coefficient (Wildman–Crippen LogP) is 3.01. The molecule has 2 rings (SSSR count). The van der Waals surface area contributed by atoms with Gasteiger partial charge in [-0.15, -0.1) is 0 Å². The standard InChI is InChI=1S/C18H30N2O/c1-4-18-14-20(10-11-21-18)13-16-6-8-17(9-7-16)15(3)12-19-5-2/h6-9,15,18-19H,4-5,10-14H2,1-3H3. The first-order valence-electron chi connectivity index (χ1n) is 8.36. The van der Waals surface area contributed by atoms with Crippen LogP contribution in [-0.4, -0.2) is 43.8 Å². The SMILES string of the molecule is CCNCC(C)c1ccc(CN2CCOC(CC)C2)cc1. The van der Waals surface area contributed by atoms with Gasteiger partial charge in [-0.05, 0) is 30.0 Å². The van der Waals surface area contributed by atoms with Crippen LogP contribution in [0.4, 0.5) is 0 Å². The number of nitrogens with zero attached hydrogens (tertiary/aromatic N) is 1. The molecule has 3 nitrogen and oxygen atoms in total. The molecule has 0 radical (unpaired) electrons. The minimum absolute atomic E-state index is 0.415. The number of hydrogen-bond acceptors (Lipinski definition) is 3. The van der Waals surface area contributed by atoms with Crippen LogP contribution in [0.5, 0.6) is 0 Å². The molecule has 1 N–H and O–H groups in total. The van der Waals surface area contributed by atoms with Crippen LogP contribution in [0.25, 0.3) is 0 Å². The largest absolute Gasteiger partial charge is 0.376 e. The second-order valence-electron chi connectivity index (χ2n) is 6.09. The summed E-state index contributed by atoms with van der Waals surface area (Å²) in [6.45, 7) is 12.8. The van der Waals surface area contributed by atoms with E-state index in [-0.39, 0.29) is 0 Å². The minimum Gasteiger partial charge on any atom is -0.376 e. The van der Waals surface area contributed by atoms with Crippen LogP contribution in [0.1, 0.15) is 44.2 Å². The van der Waals surface area contributed by atoms with Crippen molar-refractivity contribution >= 4 is 0 Å². The van der Waals surface area contributed by atoms with E-state index in [1.54, 1.807) is 0 Å². The summed E-state index contributed by atoms with van der Waals surface area (Å²) >= 11 is 0. The van der Waals surface area contributed by atoms with Crippen molar-refractivity contribution in [2.45, 2.75) is 45.8 Å². The molecule has 2 unspecified atom stereocenters. The Balaban J connectivity index is 1.87. The average molecular weight is 290 g/mol. The first-order valence-corrected chi connectivity index (χ1v) is 8.36. The van der Waals surface area contributed by atoms with Crippen LogP contribution in [-0.2, 0) is 11.3 Å². The van der Waals surface area contributed by atoms with Gasteiger partial charge in [0, 0.05) is 26.2 Å². The lowest BCUT2D eigenvalue weighted by atomic mass is 9.99. The zero-order valence-electron chi connectivity index (χ0n) is 13.8. The van der Waals surface area contributed by atoms with Crippen molar-refractivity contribution < 1.29 is 4.74 Å². The van der Waals surface area contributed by atoms with Crippen LogP contribution in [0.15, 0.2) is 24.3 Å². The summed E-state index contributed by atoms with van der Waals surface area (Å²) in [6.07, 6.45) is 1.52. The lowest BCUT2D eigenvalue weighted by Gasteiger charge is -2.32. The maximum absolute atomic E-state index is 5.73. The Bertz CT molecular complexity index is 404. The van der Waals surface area contributed by atoms with Crippen LogP contribution in [0, 0.1) is 0 Å². The smallest absolute Gasteiger partial charge is 0.0700 e. The van der Waals surface area contributed by atoms with Gasteiger partial charge in [0.2, 0.25) is 0 Å². The molecule has 0 amide bonds. The first-order chi connectivity index (χ1) is 10.2. The van der Waals surface area contributed by atoms with Gasteiger partial charge in [0.05, 0.1) is 12.7 Å². The lowest BCUT2D eigenvalue weighted by molar-refractivity contribution is -0.0324. The highest BCUT2D eigenvalue weighted by molar-refractivity contribution is 5.25. The number of morpholine rings is 1. The molecule has 0 spiro atoms. The molecule has 1 fully saturated rings. The molecule has 1 aromatic rings. The molecule has 1 heterocycles. The first kappa shape index (κ1) is 16.5. The molecule has 2 atom stereocenters. The van der Waals surface area contributed by atoms with Crippen molar-refractivity contribution in [3.8, 4) is 0 Å². The predicted molar refractivity (Wildman–Crippen MR) is 88.7 cm³/mol. The van der Waals surface area contributed by atoms with E-state index in [4.69, 9.17) is 4.74 Å². The molecule has 0 bridgehead atoms. The highest BCUT2D eigenvalue weighted by Crippen LogP contribution is 2.17. The second-order valence-corrected chi connectivity index (χ2v) is 6.09. The van der Waals surface area contributed by atoms with Gasteiger partial charge < -0.3 is 10.1 Å². The Hall–Kier alpha value is -0.900. The van der Waals surface area contributed by atoms with Gasteiger partial charge in [0.25, 0.3) is 0 Å². The Labute approximate surface area is 129 Å². The fourth-order valence-corrected chi connectivity index (χ4v) is 2.86. The Kier molecular flexibility index (Phi) is 6.68. The number of nitrogens with one attached hydrogen (secondary N) is 1. The molecule has 1 aliphatic heterocycles. The molecule has 1 aromatic carbocycles. The van der Waals surface area contributed by atoms with E-state index in [1.807, 2.05) is 0 Å². The third-order valence-electron chi connectivity index (χ3n) is 4.33. The van der Waals surface area contributed by atoms with Crippen LogP contribution >= 0.6 is 0 Å². The molecule has 0 saturated carbocycles. The highest BCUT2D eigenvalue weighted by atomic mass is 16.5. The summed E-state index contributed by atoms with van der Waals surface area (Å²) < 4.78 is 5.73. The number of rotatable bonds is 7. The zero-order chi connectivity index (χ0) is 15.1. The summed E-state index contributed by atoms with van der Waals surface area (Å²) in [5, 5.41) is 3.42. The summed E-state index contributed by atoms with van der Waals surface area (Å²) in [4.78, 5) is 2.51. The third-order valence-corrected chi connectivity index (χ3v) is 4.33. The molecular weight excluding hydrogens is 260 g/mol. The number of ether oxygens (including phenoxy) is 1. The van der Waals surface area contributed by atoms with E-state index >= 15 is 0 Å². The van der Waals surface area contributed by atoms with Gasteiger partial charge in [-0.2, -0.15) is 0 Å². The topological polar surface area (TPSA) is 24.5 Å². The Morgan fingerprint density at radius 2 is 2.05 bits per heavy atom. The quantitative estimate of drug-likeness (QED) is 0.835. The summed E-state index contributed by atoms with van der Waals surface area (Å²) in [5.41, 5.74) is 2.83. The minimum atomic E-state index is 0.415. The highest BCUT2D eigenvalue weighted by Gasteiger charge is 2.18. The average Bonchev–Trinajstić information content (AvgIpc) is 2.53. The lowest BCUT2D eigenvalue weighted by Crippen LogP contribution is -2.41. The molecule has 0 aliphatic carbocycles. The van der Waals surface area contributed by atoms with E-state index in [2.05, 4.69) is 55.3 Å². The molecule has 1 aliphatic rings. The maximum atomic E-state index is 5.73. The molecule has 3 heteroatoms. The van der Waals surface area contributed by atoms with Gasteiger partial charge in [0.15, 0.2) is 0 Å². The maximum Gasteiger partial charge on any atom is 0.0700 e. The van der Waals surface area contributed by atoms with E-state index in [9.17, 15) is 0 Å². The Morgan fingerprint density at radius 3 is 2.71 bits per heavy atom. The summed E-state index contributed by atoms with van der Waals surface area (Å²) in [5.74, 6) is 0.576. The van der Waals surface area contributed by atoms with Crippen molar-refractivity contribution in [1.82, 2.24) is 10.2 Å². The zero-order valence-corrected chi connectivity index (χ0v) is 13.8. The van der Waals surface area contributed by atoms with Gasteiger partial charge in [-0.1, -0.05) is 45.0 Å². The Morgan fingerprint density at radius 1 is 1.29 bits per heavy atom. The molecule has 1 saturated heterocycles. The fourth-order valence-electron chi connectivity index (χ4n) is 2.86. The molecule has 21 heavy (non-hydrogen) atoms. The number of likely N-dealkylation sites (N-methyl/N-ethyl adjacent to an activating group) is 1.